The van der Waals surface area contributed by atoms with Gasteiger partial charge in [0, 0.05) is 14.9 Å². The van der Waals surface area contributed by atoms with Crippen LogP contribution in [-0.2, 0) is 6.54 Å². The molecular weight excluding hydrogens is 355 g/mol. The number of nitrogens with one attached hydrogen (secondary N) is 1. The van der Waals surface area contributed by atoms with Gasteiger partial charge >= 0.3 is 0 Å². The number of carbonyl (C=O) groups is 1. The molecule has 1 aromatic carbocycles. The van der Waals surface area contributed by atoms with E-state index in [0.717, 1.165) is 9.35 Å². The fourth-order valence-electron chi connectivity index (χ4n) is 1.64. The summed E-state index contributed by atoms with van der Waals surface area (Å²) in [4.78, 5) is 13.0. The molecule has 1 aromatic heterocycles. The Morgan fingerprint density at radius 2 is 2.24 bits per heavy atom. The molecule has 0 saturated carbocycles. The summed E-state index contributed by atoms with van der Waals surface area (Å²) in [5.41, 5.74) is 5.75. The lowest BCUT2D eigenvalue weighted by molar-refractivity contribution is 0.0947. The van der Waals surface area contributed by atoms with Gasteiger partial charge in [-0.25, -0.2) is 4.39 Å². The topological polar surface area (TPSA) is 55.1 Å². The van der Waals surface area contributed by atoms with Crippen LogP contribution in [0.2, 0.25) is 0 Å². The van der Waals surface area contributed by atoms with E-state index in [1.807, 2.05) is 11.4 Å². The lowest BCUT2D eigenvalue weighted by Gasteiger charge is -2.06. The van der Waals surface area contributed by atoms with Crippen LogP contribution in [0.1, 0.15) is 20.8 Å². The molecule has 1 amide bonds. The van der Waals surface area contributed by atoms with Crippen molar-refractivity contribution < 1.29 is 9.18 Å². The van der Waals surface area contributed by atoms with E-state index in [1.54, 1.807) is 6.07 Å². The van der Waals surface area contributed by atoms with Gasteiger partial charge in [-0.3, -0.25) is 4.79 Å². The summed E-state index contributed by atoms with van der Waals surface area (Å²) in [7, 11) is 0. The summed E-state index contributed by atoms with van der Waals surface area (Å²) in [6.45, 7) is 0.560. The second kappa shape index (κ2) is 7.36. The van der Waals surface area contributed by atoms with Gasteiger partial charge in [0.05, 0.1) is 18.7 Å². The lowest BCUT2D eigenvalue weighted by atomic mass is 10.1. The predicted octanol–water partition coefficient (Wildman–Crippen LogP) is 2.89. The molecule has 21 heavy (non-hydrogen) atoms. The summed E-state index contributed by atoms with van der Waals surface area (Å²) in [5.74, 6) is 4.31. The van der Waals surface area contributed by atoms with Gasteiger partial charge in [-0.05, 0) is 45.6 Å². The van der Waals surface area contributed by atoms with Crippen molar-refractivity contribution in [2.45, 2.75) is 6.54 Å². The number of thiophene rings is 1. The number of benzene rings is 1. The van der Waals surface area contributed by atoms with Crippen molar-refractivity contribution >= 4 is 33.2 Å². The Hall–Kier alpha value is -1.68. The van der Waals surface area contributed by atoms with E-state index < -0.39 is 11.7 Å². The van der Waals surface area contributed by atoms with Gasteiger partial charge in [-0.2, -0.15) is 0 Å². The number of carbonyl (C=O) groups excluding carboxylic acids is 1. The Morgan fingerprint density at radius 1 is 1.43 bits per heavy atom. The molecular formula is C15H12BrFN2OS. The monoisotopic (exact) mass is 366 g/mol. The number of rotatable bonds is 3. The molecule has 6 heteroatoms. The van der Waals surface area contributed by atoms with Crippen molar-refractivity contribution in [1.82, 2.24) is 5.32 Å². The van der Waals surface area contributed by atoms with Crippen LogP contribution in [0, 0.1) is 17.7 Å². The first-order valence-corrected chi connectivity index (χ1v) is 7.77. The van der Waals surface area contributed by atoms with Crippen molar-refractivity contribution in [2.24, 2.45) is 5.73 Å². The van der Waals surface area contributed by atoms with Gasteiger partial charge in [0.25, 0.3) is 5.91 Å². The van der Waals surface area contributed by atoms with Gasteiger partial charge < -0.3 is 11.1 Å². The Kier molecular flexibility index (Phi) is 5.51. The highest BCUT2D eigenvalue weighted by Gasteiger charge is 2.12. The van der Waals surface area contributed by atoms with Crippen molar-refractivity contribution in [3.8, 4) is 11.8 Å². The molecule has 0 bridgehead atoms. The van der Waals surface area contributed by atoms with E-state index in [0.29, 0.717) is 12.1 Å². The predicted molar refractivity (Wildman–Crippen MR) is 85.5 cm³/mol. The molecule has 0 aliphatic rings. The quantitative estimate of drug-likeness (QED) is 0.820. The maximum absolute atomic E-state index is 13.9. The van der Waals surface area contributed by atoms with Gasteiger partial charge in [-0.15, -0.1) is 11.3 Å². The molecule has 0 fully saturated rings. The zero-order valence-corrected chi connectivity index (χ0v) is 13.4. The molecule has 2 aromatic rings. The van der Waals surface area contributed by atoms with Crippen LogP contribution in [0.3, 0.4) is 0 Å². The fourth-order valence-corrected chi connectivity index (χ4v) is 3.07. The van der Waals surface area contributed by atoms with Crippen LogP contribution in [0.5, 0.6) is 0 Å². The SMILES string of the molecule is NCC#Cc1ccc(C(=O)NCc2sccc2Br)c(F)c1. The molecule has 0 radical (unpaired) electrons. The summed E-state index contributed by atoms with van der Waals surface area (Å²) >= 11 is 4.90. The largest absolute Gasteiger partial charge is 0.347 e. The van der Waals surface area contributed by atoms with Crippen LogP contribution in [0.4, 0.5) is 4.39 Å². The first-order chi connectivity index (χ1) is 10.1. The maximum Gasteiger partial charge on any atom is 0.254 e. The third-order valence-corrected chi connectivity index (χ3v) is 4.58. The van der Waals surface area contributed by atoms with Crippen LogP contribution in [0.15, 0.2) is 34.1 Å². The molecule has 0 atom stereocenters. The molecule has 0 aliphatic heterocycles. The lowest BCUT2D eigenvalue weighted by Crippen LogP contribution is -2.23. The Labute approximate surface area is 134 Å². The zero-order chi connectivity index (χ0) is 15.2. The minimum absolute atomic E-state index is 0.000905. The highest BCUT2D eigenvalue weighted by atomic mass is 79.9. The van der Waals surface area contributed by atoms with E-state index >= 15 is 0 Å². The molecule has 0 unspecified atom stereocenters. The Balaban J connectivity index is 2.07. The Morgan fingerprint density at radius 3 is 2.86 bits per heavy atom. The summed E-state index contributed by atoms with van der Waals surface area (Å²) in [6, 6.07) is 6.16. The molecule has 3 N–H and O–H groups in total. The molecule has 0 aliphatic carbocycles. The molecule has 0 saturated heterocycles. The molecule has 3 nitrogen and oxygen atoms in total. The smallest absolute Gasteiger partial charge is 0.254 e. The van der Waals surface area contributed by atoms with Crippen LogP contribution in [-0.4, -0.2) is 12.5 Å². The molecule has 2 rings (SSSR count). The van der Waals surface area contributed by atoms with E-state index in [9.17, 15) is 9.18 Å². The van der Waals surface area contributed by atoms with E-state index in [1.165, 1.54) is 23.5 Å². The number of hydrogen-bond acceptors (Lipinski definition) is 3. The number of amides is 1. The first kappa shape index (κ1) is 15.7. The maximum atomic E-state index is 13.9. The number of nitrogens with two attached hydrogens (primary N) is 1. The molecule has 0 spiro atoms. The second-order valence-electron chi connectivity index (χ2n) is 4.07. The van der Waals surface area contributed by atoms with E-state index in [2.05, 4.69) is 33.1 Å². The molecule has 108 valence electrons. The fraction of sp³-hybridized carbons (Fsp3) is 0.133. The van der Waals surface area contributed by atoms with Crippen molar-refractivity contribution in [1.29, 1.82) is 0 Å². The summed E-state index contributed by atoms with van der Waals surface area (Å²) in [5, 5.41) is 4.60. The zero-order valence-electron chi connectivity index (χ0n) is 11.0. The molecule has 1 heterocycles. The van der Waals surface area contributed by atoms with E-state index in [4.69, 9.17) is 5.73 Å². The van der Waals surface area contributed by atoms with Gasteiger partial charge in [0.1, 0.15) is 5.82 Å². The van der Waals surface area contributed by atoms with Crippen molar-refractivity contribution in [2.75, 3.05) is 6.54 Å². The standard InChI is InChI=1S/C15H12BrFN2OS/c16-12-5-7-21-14(12)9-19-15(20)11-4-3-10(2-1-6-18)8-13(11)17/h3-5,7-8H,6,9,18H2,(H,19,20). The van der Waals surface area contributed by atoms with Crippen LogP contribution < -0.4 is 11.1 Å². The Bertz CT molecular complexity index is 718. The average Bonchev–Trinajstić information content (AvgIpc) is 2.88. The summed E-state index contributed by atoms with van der Waals surface area (Å²) in [6.07, 6.45) is 0. The first-order valence-electron chi connectivity index (χ1n) is 6.10. The highest BCUT2D eigenvalue weighted by molar-refractivity contribution is 9.10. The highest BCUT2D eigenvalue weighted by Crippen LogP contribution is 2.22. The third kappa shape index (κ3) is 4.14. The average molecular weight is 367 g/mol. The van der Waals surface area contributed by atoms with Crippen LogP contribution >= 0.6 is 27.3 Å². The number of halogens is 2. The van der Waals surface area contributed by atoms with Crippen molar-refractivity contribution in [3.63, 3.8) is 0 Å². The normalized spacial score (nSPS) is 9.86. The van der Waals surface area contributed by atoms with Gasteiger partial charge in [-0.1, -0.05) is 11.8 Å². The van der Waals surface area contributed by atoms with Crippen molar-refractivity contribution in [3.05, 3.63) is 55.9 Å². The minimum Gasteiger partial charge on any atom is -0.347 e. The third-order valence-electron chi connectivity index (χ3n) is 2.65. The van der Waals surface area contributed by atoms with Crippen LogP contribution in [0.25, 0.3) is 0 Å². The number of hydrogen-bond donors (Lipinski definition) is 2. The van der Waals surface area contributed by atoms with E-state index in [-0.39, 0.29) is 12.1 Å². The minimum atomic E-state index is -0.596. The summed E-state index contributed by atoms with van der Waals surface area (Å²) < 4.78 is 14.8. The van der Waals surface area contributed by atoms with Gasteiger partial charge in [0.15, 0.2) is 0 Å². The van der Waals surface area contributed by atoms with Gasteiger partial charge in [0.2, 0.25) is 0 Å². The second-order valence-corrected chi connectivity index (χ2v) is 5.93.